The van der Waals surface area contributed by atoms with Crippen molar-refractivity contribution < 1.29 is 13.2 Å². The molecular formula is C24H28N4O3S2. The summed E-state index contributed by atoms with van der Waals surface area (Å²) in [6.45, 7) is 6.45. The van der Waals surface area contributed by atoms with Crippen molar-refractivity contribution in [3.63, 3.8) is 0 Å². The number of nitrogens with zero attached hydrogens (tertiary/aromatic N) is 3. The largest absolute Gasteiger partial charge is 0.365 e. The van der Waals surface area contributed by atoms with E-state index in [9.17, 15) is 13.2 Å². The molecule has 0 bridgehead atoms. The van der Waals surface area contributed by atoms with Gasteiger partial charge in [-0.3, -0.25) is 9.79 Å². The number of amidine groups is 1. The third kappa shape index (κ3) is 4.75. The predicted octanol–water partition coefficient (Wildman–Crippen LogP) is 3.03. The molecule has 174 valence electrons. The van der Waals surface area contributed by atoms with Crippen molar-refractivity contribution in [2.45, 2.75) is 31.2 Å². The summed E-state index contributed by atoms with van der Waals surface area (Å²) in [4.78, 5) is 21.9. The number of amides is 1. The minimum absolute atomic E-state index is 0.0128. The van der Waals surface area contributed by atoms with Crippen LogP contribution in [0.1, 0.15) is 22.8 Å². The first-order valence-corrected chi connectivity index (χ1v) is 13.9. The number of anilines is 2. The average molecular weight is 485 g/mol. The number of hydrogen-bond acceptors (Lipinski definition) is 7. The molecule has 2 aromatic carbocycles. The van der Waals surface area contributed by atoms with E-state index in [-0.39, 0.29) is 34.7 Å². The maximum absolute atomic E-state index is 13.1. The molecule has 3 aliphatic rings. The van der Waals surface area contributed by atoms with E-state index in [1.807, 2.05) is 29.2 Å². The fraction of sp³-hybridized carbons (Fsp3) is 0.417. The molecule has 3 heterocycles. The van der Waals surface area contributed by atoms with Gasteiger partial charge in [0.05, 0.1) is 17.5 Å². The second kappa shape index (κ2) is 8.68. The Kier molecular flexibility index (Phi) is 5.86. The molecule has 3 atom stereocenters. The highest BCUT2D eigenvalue weighted by Crippen LogP contribution is 2.34. The van der Waals surface area contributed by atoms with Crippen LogP contribution in [0.25, 0.3) is 0 Å². The lowest BCUT2D eigenvalue weighted by Gasteiger charge is -2.41. The summed E-state index contributed by atoms with van der Waals surface area (Å²) in [5, 5.41) is 4.03. The first-order chi connectivity index (χ1) is 15.8. The molecule has 33 heavy (non-hydrogen) atoms. The van der Waals surface area contributed by atoms with Gasteiger partial charge in [0, 0.05) is 47.9 Å². The maximum Gasteiger partial charge on any atom is 0.253 e. The zero-order valence-electron chi connectivity index (χ0n) is 18.8. The number of nitrogens with one attached hydrogen (secondary N) is 1. The minimum Gasteiger partial charge on any atom is -0.365 e. The predicted molar refractivity (Wildman–Crippen MR) is 135 cm³/mol. The number of aryl methyl sites for hydroxylation is 1. The topological polar surface area (TPSA) is 82.1 Å². The number of carbonyl (C=O) groups is 1. The van der Waals surface area contributed by atoms with Crippen LogP contribution in [0.4, 0.5) is 11.4 Å². The van der Waals surface area contributed by atoms with E-state index in [0.29, 0.717) is 18.7 Å². The molecule has 9 heteroatoms. The van der Waals surface area contributed by atoms with E-state index in [2.05, 4.69) is 53.3 Å². The summed E-state index contributed by atoms with van der Waals surface area (Å²) in [6, 6.07) is 16.0. The molecule has 0 spiro atoms. The molecular weight excluding hydrogens is 456 g/mol. The molecule has 2 saturated heterocycles. The first kappa shape index (κ1) is 22.3. The fourth-order valence-corrected chi connectivity index (χ4v) is 8.43. The van der Waals surface area contributed by atoms with Crippen molar-refractivity contribution >= 4 is 44.0 Å². The maximum atomic E-state index is 13.1. The molecule has 0 saturated carbocycles. The van der Waals surface area contributed by atoms with Crippen LogP contribution in [0.3, 0.4) is 0 Å². The van der Waals surface area contributed by atoms with E-state index >= 15 is 0 Å². The number of rotatable bonds is 3. The third-order valence-corrected chi connectivity index (χ3v) is 9.59. The normalized spacial score (nSPS) is 26.1. The molecule has 0 aliphatic carbocycles. The SMILES string of the molecule is Cc1cccc(N2CCN(C(=O)c3ccc(NC4=N[C@@H]5CS(=O)(=O)C[C@@H]5S4)cc3)C[C@H]2C)c1. The molecule has 2 aromatic rings. The average Bonchev–Trinajstić information content (AvgIpc) is 3.26. The van der Waals surface area contributed by atoms with E-state index < -0.39 is 9.84 Å². The monoisotopic (exact) mass is 484 g/mol. The summed E-state index contributed by atoms with van der Waals surface area (Å²) in [5.74, 6) is 0.378. The second-order valence-corrected chi connectivity index (χ2v) is 12.5. The van der Waals surface area contributed by atoms with Crippen molar-refractivity contribution in [2.75, 3.05) is 41.4 Å². The Morgan fingerprint density at radius 2 is 1.91 bits per heavy atom. The number of piperazine rings is 1. The van der Waals surface area contributed by atoms with Gasteiger partial charge in [-0.2, -0.15) is 0 Å². The van der Waals surface area contributed by atoms with Crippen LogP contribution >= 0.6 is 11.8 Å². The first-order valence-electron chi connectivity index (χ1n) is 11.2. The lowest BCUT2D eigenvalue weighted by atomic mass is 10.1. The van der Waals surface area contributed by atoms with Gasteiger partial charge in [-0.1, -0.05) is 23.9 Å². The standard InChI is InChI=1S/C24H28N4O3S2/c1-16-4-3-5-20(12-16)28-11-10-27(13-17(28)2)23(29)18-6-8-19(9-7-18)25-24-26-21-14-33(30,31)15-22(21)32-24/h3-9,12,17,21-22H,10-11,13-15H2,1-2H3,(H,25,26)/t17-,21-,22+/m1/s1. The quantitative estimate of drug-likeness (QED) is 0.721. The Bertz CT molecular complexity index is 1200. The molecule has 1 amide bonds. The smallest absolute Gasteiger partial charge is 0.253 e. The molecule has 3 aliphatic heterocycles. The highest BCUT2D eigenvalue weighted by Gasteiger charge is 2.42. The lowest BCUT2D eigenvalue weighted by Crippen LogP contribution is -2.53. The van der Waals surface area contributed by atoms with Gasteiger partial charge in [0.15, 0.2) is 15.0 Å². The summed E-state index contributed by atoms with van der Waals surface area (Å²) in [7, 11) is -2.95. The van der Waals surface area contributed by atoms with Gasteiger partial charge in [-0.15, -0.1) is 0 Å². The Hall–Kier alpha value is -2.52. The van der Waals surface area contributed by atoms with Gasteiger partial charge < -0.3 is 15.1 Å². The summed E-state index contributed by atoms with van der Waals surface area (Å²) in [5.41, 5.74) is 3.96. The highest BCUT2D eigenvalue weighted by atomic mass is 32.2. The molecule has 1 N–H and O–H groups in total. The fourth-order valence-electron chi connectivity index (χ4n) is 4.75. The van der Waals surface area contributed by atoms with E-state index in [4.69, 9.17) is 0 Å². The number of aliphatic imine (C=N–C) groups is 1. The molecule has 0 aromatic heterocycles. The summed E-state index contributed by atoms with van der Waals surface area (Å²) in [6.07, 6.45) is 0. The Balaban J connectivity index is 1.19. The van der Waals surface area contributed by atoms with Gasteiger partial charge >= 0.3 is 0 Å². The summed E-state index contributed by atoms with van der Waals surface area (Å²) < 4.78 is 23.4. The van der Waals surface area contributed by atoms with E-state index in [1.165, 1.54) is 23.0 Å². The number of hydrogen-bond donors (Lipinski definition) is 1. The van der Waals surface area contributed by atoms with Crippen LogP contribution in [-0.2, 0) is 9.84 Å². The molecule has 5 rings (SSSR count). The number of benzene rings is 2. The Labute approximate surface area is 199 Å². The van der Waals surface area contributed by atoms with Gasteiger partial charge in [0.2, 0.25) is 0 Å². The van der Waals surface area contributed by atoms with Crippen molar-refractivity contribution in [3.05, 3.63) is 59.7 Å². The van der Waals surface area contributed by atoms with Crippen LogP contribution in [0, 0.1) is 6.92 Å². The van der Waals surface area contributed by atoms with Crippen molar-refractivity contribution in [1.82, 2.24) is 4.90 Å². The number of carbonyl (C=O) groups excluding carboxylic acids is 1. The summed E-state index contributed by atoms with van der Waals surface area (Å²) >= 11 is 1.49. The van der Waals surface area contributed by atoms with Gasteiger partial charge in [-0.05, 0) is 55.8 Å². The second-order valence-electron chi connectivity index (χ2n) is 9.07. The van der Waals surface area contributed by atoms with E-state index in [1.54, 1.807) is 0 Å². The minimum atomic E-state index is -2.95. The number of fused-ring (bicyclic) bond motifs is 1. The zero-order valence-corrected chi connectivity index (χ0v) is 20.4. The molecule has 2 fully saturated rings. The van der Waals surface area contributed by atoms with E-state index in [0.717, 1.165) is 17.4 Å². The lowest BCUT2D eigenvalue weighted by molar-refractivity contribution is 0.0726. The Morgan fingerprint density at radius 3 is 2.61 bits per heavy atom. The van der Waals surface area contributed by atoms with Crippen LogP contribution in [0.2, 0.25) is 0 Å². The zero-order chi connectivity index (χ0) is 23.2. The van der Waals surface area contributed by atoms with Crippen LogP contribution in [-0.4, -0.2) is 72.9 Å². The highest BCUT2D eigenvalue weighted by molar-refractivity contribution is 8.15. The molecule has 0 unspecified atom stereocenters. The van der Waals surface area contributed by atoms with Crippen molar-refractivity contribution in [3.8, 4) is 0 Å². The van der Waals surface area contributed by atoms with Crippen LogP contribution < -0.4 is 10.2 Å². The van der Waals surface area contributed by atoms with Gasteiger partial charge in [-0.25, -0.2) is 8.42 Å². The number of sulfone groups is 1. The van der Waals surface area contributed by atoms with Crippen molar-refractivity contribution in [2.24, 2.45) is 4.99 Å². The van der Waals surface area contributed by atoms with Crippen LogP contribution in [0.5, 0.6) is 0 Å². The van der Waals surface area contributed by atoms with Crippen molar-refractivity contribution in [1.29, 1.82) is 0 Å². The molecule has 7 nitrogen and oxygen atoms in total. The third-order valence-electron chi connectivity index (χ3n) is 6.45. The number of thioether (sulfide) groups is 1. The van der Waals surface area contributed by atoms with Gasteiger partial charge in [0.25, 0.3) is 5.91 Å². The van der Waals surface area contributed by atoms with Crippen LogP contribution in [0.15, 0.2) is 53.5 Å². The Morgan fingerprint density at radius 1 is 1.12 bits per heavy atom. The van der Waals surface area contributed by atoms with Gasteiger partial charge in [0.1, 0.15) is 0 Å². The molecule has 0 radical (unpaired) electrons.